The average Bonchev–Trinajstić information content (AvgIpc) is 3.24. The fourth-order valence-corrected chi connectivity index (χ4v) is 3.94. The van der Waals surface area contributed by atoms with Crippen LogP contribution in [0.5, 0.6) is 0 Å². The number of rotatable bonds is 4. The van der Waals surface area contributed by atoms with Crippen molar-refractivity contribution in [1.29, 1.82) is 0 Å². The molecule has 0 radical (unpaired) electrons. The predicted molar refractivity (Wildman–Crippen MR) is 107 cm³/mol. The van der Waals surface area contributed by atoms with E-state index in [2.05, 4.69) is 66.4 Å². The molecule has 1 atom stereocenters. The van der Waals surface area contributed by atoms with Crippen LogP contribution in [0.1, 0.15) is 30.0 Å². The Labute approximate surface area is 159 Å². The zero-order chi connectivity index (χ0) is 18.1. The lowest BCUT2D eigenvalue weighted by atomic mass is 10.1. The monoisotopic (exact) mass is 364 g/mol. The molecule has 0 N–H and O–H groups in total. The Balaban J connectivity index is 1.61. The highest BCUT2D eigenvalue weighted by Crippen LogP contribution is 2.32. The highest BCUT2D eigenvalue weighted by atomic mass is 32.1. The minimum absolute atomic E-state index is 0.447. The van der Waals surface area contributed by atoms with E-state index < -0.39 is 0 Å². The first-order valence-corrected chi connectivity index (χ1v) is 9.54. The molecule has 0 amide bonds. The van der Waals surface area contributed by atoms with Crippen LogP contribution in [0.3, 0.4) is 0 Å². The van der Waals surface area contributed by atoms with Crippen LogP contribution in [-0.2, 0) is 13.7 Å². The van der Waals surface area contributed by atoms with Crippen LogP contribution < -0.4 is 0 Å². The second-order valence-corrected chi connectivity index (χ2v) is 7.42. The predicted octanol–water partition coefficient (Wildman–Crippen LogP) is 4.72. The normalized spacial score (nSPS) is 17.7. The lowest BCUT2D eigenvalue weighted by Gasteiger charge is -2.24. The van der Waals surface area contributed by atoms with Gasteiger partial charge in [-0.15, -0.1) is 0 Å². The van der Waals surface area contributed by atoms with E-state index in [1.165, 1.54) is 24.0 Å². The van der Waals surface area contributed by atoms with Gasteiger partial charge in [-0.2, -0.15) is 5.10 Å². The Morgan fingerprint density at radius 3 is 2.54 bits per heavy atom. The SMILES string of the molecule is Cc1ccc(-c2nn(CN3CCCC3c3ccccc3)c(=S)n2C)cc1. The van der Waals surface area contributed by atoms with E-state index in [9.17, 15) is 0 Å². The molecular weight excluding hydrogens is 340 g/mol. The van der Waals surface area contributed by atoms with Gasteiger partial charge < -0.3 is 4.57 Å². The van der Waals surface area contributed by atoms with E-state index in [4.69, 9.17) is 17.3 Å². The van der Waals surface area contributed by atoms with Gasteiger partial charge >= 0.3 is 0 Å². The average molecular weight is 365 g/mol. The molecule has 3 aromatic rings. The Hall–Kier alpha value is -2.24. The van der Waals surface area contributed by atoms with Crippen molar-refractivity contribution in [2.24, 2.45) is 7.05 Å². The van der Waals surface area contributed by atoms with E-state index in [1.54, 1.807) is 0 Å². The summed E-state index contributed by atoms with van der Waals surface area (Å²) < 4.78 is 4.73. The van der Waals surface area contributed by atoms with Gasteiger partial charge in [0.15, 0.2) is 10.6 Å². The van der Waals surface area contributed by atoms with E-state index in [-0.39, 0.29) is 0 Å². The largest absolute Gasteiger partial charge is 0.303 e. The van der Waals surface area contributed by atoms with Gasteiger partial charge in [0.1, 0.15) is 0 Å². The first-order valence-electron chi connectivity index (χ1n) is 9.13. The van der Waals surface area contributed by atoms with Crippen LogP contribution in [0.4, 0.5) is 0 Å². The van der Waals surface area contributed by atoms with Crippen molar-refractivity contribution in [2.75, 3.05) is 6.54 Å². The molecule has 4 nitrogen and oxygen atoms in total. The minimum atomic E-state index is 0.447. The Morgan fingerprint density at radius 1 is 1.08 bits per heavy atom. The summed E-state index contributed by atoms with van der Waals surface area (Å²) in [5.41, 5.74) is 3.73. The minimum Gasteiger partial charge on any atom is -0.303 e. The third-order valence-corrected chi connectivity index (χ3v) is 5.70. The molecule has 1 saturated heterocycles. The molecule has 5 heteroatoms. The van der Waals surface area contributed by atoms with Crippen LogP contribution in [0.15, 0.2) is 54.6 Å². The third-order valence-electron chi connectivity index (χ3n) is 5.21. The molecule has 4 rings (SSSR count). The van der Waals surface area contributed by atoms with Gasteiger partial charge in [-0.25, -0.2) is 4.68 Å². The van der Waals surface area contributed by atoms with Gasteiger partial charge in [0, 0.05) is 25.2 Å². The van der Waals surface area contributed by atoms with E-state index in [0.29, 0.717) is 6.04 Å². The maximum atomic E-state index is 5.67. The van der Waals surface area contributed by atoms with Crippen LogP contribution >= 0.6 is 12.2 Å². The Bertz CT molecular complexity index is 940. The van der Waals surface area contributed by atoms with Gasteiger partial charge in [0.2, 0.25) is 0 Å². The number of likely N-dealkylation sites (tertiary alicyclic amines) is 1. The van der Waals surface area contributed by atoms with Crippen molar-refractivity contribution < 1.29 is 0 Å². The summed E-state index contributed by atoms with van der Waals surface area (Å²) in [6, 6.07) is 19.7. The smallest absolute Gasteiger partial charge is 0.199 e. The van der Waals surface area contributed by atoms with Crippen molar-refractivity contribution >= 4 is 12.2 Å². The summed E-state index contributed by atoms with van der Waals surface area (Å²) in [5, 5.41) is 4.83. The fraction of sp³-hybridized carbons (Fsp3) is 0.333. The first-order chi connectivity index (χ1) is 12.6. The van der Waals surface area contributed by atoms with Crippen LogP contribution in [0.25, 0.3) is 11.4 Å². The molecule has 0 aliphatic carbocycles. The summed E-state index contributed by atoms with van der Waals surface area (Å²) in [4.78, 5) is 2.48. The molecule has 134 valence electrons. The number of nitrogens with zero attached hydrogens (tertiary/aromatic N) is 4. The van der Waals surface area contributed by atoms with Crippen molar-refractivity contribution in [3.8, 4) is 11.4 Å². The quantitative estimate of drug-likeness (QED) is 0.627. The van der Waals surface area contributed by atoms with Crippen molar-refractivity contribution in [1.82, 2.24) is 19.2 Å². The maximum Gasteiger partial charge on any atom is 0.199 e. The number of hydrogen-bond donors (Lipinski definition) is 0. The molecule has 1 aromatic heterocycles. The van der Waals surface area contributed by atoms with Gasteiger partial charge in [-0.3, -0.25) is 4.90 Å². The maximum absolute atomic E-state index is 5.67. The number of hydrogen-bond acceptors (Lipinski definition) is 3. The molecule has 0 bridgehead atoms. The molecule has 2 heterocycles. The lowest BCUT2D eigenvalue weighted by molar-refractivity contribution is 0.190. The molecular formula is C21H24N4S. The number of benzene rings is 2. The highest BCUT2D eigenvalue weighted by molar-refractivity contribution is 7.71. The van der Waals surface area contributed by atoms with E-state index >= 15 is 0 Å². The second-order valence-electron chi connectivity index (χ2n) is 7.05. The lowest BCUT2D eigenvalue weighted by Crippen LogP contribution is -2.27. The number of aryl methyl sites for hydroxylation is 1. The van der Waals surface area contributed by atoms with Gasteiger partial charge in [0.05, 0.1) is 6.67 Å². The molecule has 1 aliphatic heterocycles. The van der Waals surface area contributed by atoms with Crippen molar-refractivity contribution in [3.05, 3.63) is 70.5 Å². The standard InChI is InChI=1S/C21H24N4S/c1-16-10-12-18(13-11-16)20-22-25(21(26)23(20)2)15-24-14-6-9-19(24)17-7-4-3-5-8-17/h3-5,7-8,10-13,19H,6,9,14-15H2,1-2H3. The van der Waals surface area contributed by atoms with Gasteiger partial charge in [-0.1, -0.05) is 60.2 Å². The Morgan fingerprint density at radius 2 is 1.81 bits per heavy atom. The van der Waals surface area contributed by atoms with Crippen molar-refractivity contribution in [2.45, 2.75) is 32.5 Å². The van der Waals surface area contributed by atoms with Crippen LogP contribution in [0, 0.1) is 11.7 Å². The van der Waals surface area contributed by atoms with Gasteiger partial charge in [0.25, 0.3) is 0 Å². The molecule has 1 unspecified atom stereocenters. The van der Waals surface area contributed by atoms with Crippen molar-refractivity contribution in [3.63, 3.8) is 0 Å². The van der Waals surface area contributed by atoms with Crippen LogP contribution in [0.2, 0.25) is 0 Å². The molecule has 2 aromatic carbocycles. The molecule has 0 saturated carbocycles. The summed E-state index contributed by atoms with van der Waals surface area (Å²) in [6.45, 7) is 3.91. The fourth-order valence-electron chi connectivity index (χ4n) is 3.75. The summed E-state index contributed by atoms with van der Waals surface area (Å²) >= 11 is 5.67. The molecule has 0 spiro atoms. The second kappa shape index (κ2) is 7.17. The summed E-state index contributed by atoms with van der Waals surface area (Å²) in [5.74, 6) is 0.922. The zero-order valence-electron chi connectivity index (χ0n) is 15.3. The topological polar surface area (TPSA) is 26.0 Å². The molecule has 1 aliphatic rings. The number of aromatic nitrogens is 3. The van der Waals surface area contributed by atoms with Crippen LogP contribution in [-0.4, -0.2) is 25.8 Å². The zero-order valence-corrected chi connectivity index (χ0v) is 16.1. The van der Waals surface area contributed by atoms with E-state index in [1.807, 2.05) is 16.3 Å². The molecule has 26 heavy (non-hydrogen) atoms. The third kappa shape index (κ3) is 3.24. The van der Waals surface area contributed by atoms with Gasteiger partial charge in [-0.05, 0) is 37.5 Å². The molecule has 1 fully saturated rings. The summed E-state index contributed by atoms with van der Waals surface area (Å²) in [6.07, 6.45) is 2.40. The highest BCUT2D eigenvalue weighted by Gasteiger charge is 2.26. The van der Waals surface area contributed by atoms with E-state index in [0.717, 1.165) is 29.4 Å². The first kappa shape index (κ1) is 17.2. The Kier molecular flexibility index (Phi) is 4.74. The summed E-state index contributed by atoms with van der Waals surface area (Å²) in [7, 11) is 2.00.